The number of halogens is 1. The molecule has 1 fully saturated rings. The zero-order chi connectivity index (χ0) is 18.8. The first-order valence-corrected chi connectivity index (χ1v) is 10.2. The molecule has 4 rings (SSSR count). The number of thiazole rings is 1. The predicted octanol–water partition coefficient (Wildman–Crippen LogP) is 5.07. The molecule has 1 aliphatic carbocycles. The molecule has 0 unspecified atom stereocenters. The molecule has 0 amide bonds. The van der Waals surface area contributed by atoms with Gasteiger partial charge in [-0.2, -0.15) is 0 Å². The Morgan fingerprint density at radius 2 is 2.15 bits per heavy atom. The molecule has 0 bridgehead atoms. The Bertz CT molecular complexity index is 988. The van der Waals surface area contributed by atoms with Crippen molar-refractivity contribution in [1.82, 2.24) is 15.1 Å². The van der Waals surface area contributed by atoms with Crippen molar-refractivity contribution in [3.8, 4) is 17.1 Å². The van der Waals surface area contributed by atoms with Gasteiger partial charge in [0.15, 0.2) is 5.82 Å². The Hall–Kier alpha value is -2.12. The molecule has 2 aromatic heterocycles. The second kappa shape index (κ2) is 7.86. The van der Waals surface area contributed by atoms with E-state index < -0.39 is 5.76 Å². The Labute approximate surface area is 165 Å². The summed E-state index contributed by atoms with van der Waals surface area (Å²) in [5, 5.41) is 5.33. The van der Waals surface area contributed by atoms with Crippen LogP contribution in [-0.4, -0.2) is 15.1 Å². The number of rotatable bonds is 5. The molecular weight excluding hydrogens is 386 g/mol. The van der Waals surface area contributed by atoms with Gasteiger partial charge in [-0.3, -0.25) is 9.51 Å². The van der Waals surface area contributed by atoms with Crippen molar-refractivity contribution >= 4 is 22.9 Å². The third-order valence-electron chi connectivity index (χ3n) is 4.87. The summed E-state index contributed by atoms with van der Waals surface area (Å²) in [6.45, 7) is 2.51. The Morgan fingerprint density at radius 3 is 2.85 bits per heavy atom. The van der Waals surface area contributed by atoms with Crippen molar-refractivity contribution in [2.24, 2.45) is 0 Å². The molecule has 0 saturated heterocycles. The van der Waals surface area contributed by atoms with Gasteiger partial charge in [0.05, 0.1) is 20.6 Å². The van der Waals surface area contributed by atoms with Crippen molar-refractivity contribution in [2.45, 2.75) is 51.6 Å². The number of nitrogens with one attached hydrogen (secondary N) is 1. The van der Waals surface area contributed by atoms with E-state index in [2.05, 4.69) is 14.7 Å². The molecule has 1 saturated carbocycles. The molecule has 27 heavy (non-hydrogen) atoms. The average Bonchev–Trinajstić information content (AvgIpc) is 3.26. The van der Waals surface area contributed by atoms with E-state index in [1.165, 1.54) is 37.1 Å². The quantitative estimate of drug-likeness (QED) is 0.640. The molecule has 6 nitrogen and oxygen atoms in total. The number of aromatic amines is 1. The fraction of sp³-hybridized carbons (Fsp3) is 0.421. The molecule has 3 aromatic rings. The van der Waals surface area contributed by atoms with E-state index in [4.69, 9.17) is 21.3 Å². The van der Waals surface area contributed by atoms with Gasteiger partial charge in [0, 0.05) is 11.5 Å². The molecule has 0 spiro atoms. The monoisotopic (exact) mass is 405 g/mol. The van der Waals surface area contributed by atoms with Crippen LogP contribution in [0.25, 0.3) is 11.4 Å². The summed E-state index contributed by atoms with van der Waals surface area (Å²) in [4.78, 5) is 19.5. The number of nitrogens with zero attached hydrogens (tertiary/aromatic N) is 2. The van der Waals surface area contributed by atoms with Gasteiger partial charge in [-0.25, -0.2) is 9.78 Å². The summed E-state index contributed by atoms with van der Waals surface area (Å²) in [5.74, 6) is 0.943. The minimum atomic E-state index is -0.615. The van der Waals surface area contributed by atoms with Crippen molar-refractivity contribution < 1.29 is 9.26 Å². The van der Waals surface area contributed by atoms with E-state index in [1.54, 1.807) is 29.5 Å². The Balaban J connectivity index is 1.45. The van der Waals surface area contributed by atoms with Crippen LogP contribution < -0.4 is 10.5 Å². The first-order valence-electron chi connectivity index (χ1n) is 9.05. The van der Waals surface area contributed by atoms with E-state index in [0.29, 0.717) is 34.7 Å². The fourth-order valence-electron chi connectivity index (χ4n) is 3.38. The Morgan fingerprint density at radius 1 is 1.33 bits per heavy atom. The largest absolute Gasteiger partial charge is 0.488 e. The number of ether oxygens (including phenoxy) is 1. The highest BCUT2D eigenvalue weighted by Gasteiger charge is 2.20. The van der Waals surface area contributed by atoms with Gasteiger partial charge in [0.25, 0.3) is 0 Å². The van der Waals surface area contributed by atoms with Crippen LogP contribution >= 0.6 is 22.9 Å². The zero-order valence-electron chi connectivity index (χ0n) is 15.0. The number of benzene rings is 1. The van der Waals surface area contributed by atoms with Crippen LogP contribution in [0, 0.1) is 6.92 Å². The highest BCUT2D eigenvalue weighted by atomic mass is 35.5. The number of hydrogen-bond donors (Lipinski definition) is 1. The number of H-pyrrole nitrogens is 1. The maximum absolute atomic E-state index is 11.1. The van der Waals surface area contributed by atoms with Crippen molar-refractivity contribution in [3.05, 3.63) is 49.4 Å². The summed E-state index contributed by atoms with van der Waals surface area (Å²) in [6, 6.07) is 5.26. The molecular formula is C19H20ClN3O3S. The molecule has 1 aliphatic rings. The van der Waals surface area contributed by atoms with Crippen LogP contribution in [0.1, 0.15) is 53.6 Å². The van der Waals surface area contributed by atoms with Gasteiger partial charge in [0.1, 0.15) is 12.4 Å². The smallest absolute Gasteiger partial charge is 0.439 e. The summed E-state index contributed by atoms with van der Waals surface area (Å²) in [6.07, 6.45) is 6.44. The second-order valence-electron chi connectivity index (χ2n) is 6.77. The molecule has 2 heterocycles. The first kappa shape index (κ1) is 18.3. The molecule has 1 N–H and O–H groups in total. The van der Waals surface area contributed by atoms with Gasteiger partial charge < -0.3 is 4.74 Å². The highest BCUT2D eigenvalue weighted by molar-refractivity contribution is 7.11. The maximum atomic E-state index is 11.1. The highest BCUT2D eigenvalue weighted by Crippen LogP contribution is 2.36. The normalized spacial score (nSPS) is 15.2. The maximum Gasteiger partial charge on any atom is 0.439 e. The standard InChI is InChI=1S/C19H20ClN3O3S/c1-11-16(27-18(21-11)12-5-3-2-4-6-12)10-25-13-7-8-14(15(20)9-13)17-22-19(24)26-23-17/h7-9,12H,2-6,10H2,1H3,(H,22,23,24). The lowest BCUT2D eigenvalue weighted by molar-refractivity contribution is 0.309. The molecule has 0 radical (unpaired) electrons. The lowest BCUT2D eigenvalue weighted by Crippen LogP contribution is -2.03. The molecule has 1 aromatic carbocycles. The predicted molar refractivity (Wildman–Crippen MR) is 105 cm³/mol. The van der Waals surface area contributed by atoms with E-state index in [-0.39, 0.29) is 0 Å². The van der Waals surface area contributed by atoms with Gasteiger partial charge in [-0.05, 0) is 38.0 Å². The molecule has 142 valence electrons. The van der Waals surface area contributed by atoms with Crippen LogP contribution in [0.3, 0.4) is 0 Å². The number of aromatic nitrogens is 3. The Kier molecular flexibility index (Phi) is 5.31. The van der Waals surface area contributed by atoms with Crippen LogP contribution in [0.2, 0.25) is 5.02 Å². The molecule has 8 heteroatoms. The van der Waals surface area contributed by atoms with E-state index in [1.807, 2.05) is 6.92 Å². The van der Waals surface area contributed by atoms with Crippen molar-refractivity contribution in [1.29, 1.82) is 0 Å². The fourth-order valence-corrected chi connectivity index (χ4v) is 4.79. The van der Waals surface area contributed by atoms with E-state index in [0.717, 1.165) is 10.6 Å². The lowest BCUT2D eigenvalue weighted by Gasteiger charge is -2.18. The summed E-state index contributed by atoms with van der Waals surface area (Å²) >= 11 is 8.06. The van der Waals surface area contributed by atoms with Crippen LogP contribution in [0.5, 0.6) is 5.75 Å². The SMILES string of the molecule is Cc1nc(C2CCCCC2)sc1COc1ccc(-c2noc(=O)[nH]2)c(Cl)c1. The van der Waals surface area contributed by atoms with Gasteiger partial charge in [0.2, 0.25) is 0 Å². The second-order valence-corrected chi connectivity index (χ2v) is 8.29. The van der Waals surface area contributed by atoms with Crippen LogP contribution in [0.4, 0.5) is 0 Å². The lowest BCUT2D eigenvalue weighted by atomic mass is 9.90. The minimum Gasteiger partial charge on any atom is -0.488 e. The topological polar surface area (TPSA) is 81.0 Å². The first-order chi connectivity index (χ1) is 13.1. The van der Waals surface area contributed by atoms with Crippen molar-refractivity contribution in [2.75, 3.05) is 0 Å². The summed E-state index contributed by atoms with van der Waals surface area (Å²) in [5.41, 5.74) is 1.63. The molecule has 0 aliphatic heterocycles. The van der Waals surface area contributed by atoms with Gasteiger partial charge in [-0.1, -0.05) is 36.0 Å². The number of hydrogen-bond acceptors (Lipinski definition) is 6. The van der Waals surface area contributed by atoms with Gasteiger partial charge >= 0.3 is 5.76 Å². The third kappa shape index (κ3) is 4.09. The van der Waals surface area contributed by atoms with Crippen LogP contribution in [0.15, 0.2) is 27.5 Å². The molecule has 0 atom stereocenters. The summed E-state index contributed by atoms with van der Waals surface area (Å²) in [7, 11) is 0. The third-order valence-corrected chi connectivity index (χ3v) is 6.48. The number of aryl methyl sites for hydroxylation is 1. The average molecular weight is 406 g/mol. The zero-order valence-corrected chi connectivity index (χ0v) is 16.5. The van der Waals surface area contributed by atoms with Gasteiger partial charge in [-0.15, -0.1) is 11.3 Å². The van der Waals surface area contributed by atoms with Crippen molar-refractivity contribution in [3.63, 3.8) is 0 Å². The van der Waals surface area contributed by atoms with E-state index in [9.17, 15) is 4.79 Å². The van der Waals surface area contributed by atoms with E-state index >= 15 is 0 Å². The minimum absolute atomic E-state index is 0.298. The summed E-state index contributed by atoms with van der Waals surface area (Å²) < 4.78 is 10.4. The van der Waals surface area contributed by atoms with Crippen LogP contribution in [-0.2, 0) is 6.61 Å².